The molecule has 1 aliphatic rings. The number of hydrogen-bond acceptors (Lipinski definition) is 4. The van der Waals surface area contributed by atoms with Crippen LogP contribution in [0.15, 0.2) is 29.2 Å². The molecule has 0 radical (unpaired) electrons. The minimum Gasteiger partial charge on any atom is -0.342 e. The fraction of sp³-hybridized carbons (Fsp3) is 0.556. The topological polar surface area (TPSA) is 86.8 Å². The van der Waals surface area contributed by atoms with Crippen molar-refractivity contribution in [2.24, 2.45) is 5.92 Å². The van der Waals surface area contributed by atoms with Gasteiger partial charge < -0.3 is 10.2 Å². The summed E-state index contributed by atoms with van der Waals surface area (Å²) >= 11 is 0. The standard InChI is InChI=1S/C18H27N3O4S/c1-4-21(5-2)26(24,25)17-10-8-16(9-11-17)19-18(23)15-7-6-12-20(13-15)14(3)22/h8-11,15H,4-7,12-13H2,1-3H3,(H,19,23)/t15-/m1/s1. The normalized spacial score (nSPS) is 18.0. The van der Waals surface area contributed by atoms with Gasteiger partial charge in [0.25, 0.3) is 0 Å². The monoisotopic (exact) mass is 381 g/mol. The number of likely N-dealkylation sites (tertiary alicyclic amines) is 1. The molecule has 7 nitrogen and oxygen atoms in total. The van der Waals surface area contributed by atoms with E-state index in [1.807, 2.05) is 0 Å². The highest BCUT2D eigenvalue weighted by Crippen LogP contribution is 2.21. The van der Waals surface area contributed by atoms with Gasteiger partial charge in [-0.1, -0.05) is 13.8 Å². The molecule has 8 heteroatoms. The number of carbonyl (C=O) groups is 2. The quantitative estimate of drug-likeness (QED) is 0.815. The highest BCUT2D eigenvalue weighted by Gasteiger charge is 2.27. The number of benzene rings is 1. The Hall–Kier alpha value is -1.93. The molecule has 1 aromatic carbocycles. The van der Waals surface area contributed by atoms with Crippen molar-refractivity contribution in [1.29, 1.82) is 0 Å². The number of rotatable bonds is 6. The Kier molecular flexibility index (Phi) is 6.77. The summed E-state index contributed by atoms with van der Waals surface area (Å²) in [5.41, 5.74) is 0.549. The van der Waals surface area contributed by atoms with Gasteiger partial charge in [0.1, 0.15) is 0 Å². The van der Waals surface area contributed by atoms with Crippen LogP contribution in [0.25, 0.3) is 0 Å². The van der Waals surface area contributed by atoms with Gasteiger partial charge in [0.05, 0.1) is 10.8 Å². The van der Waals surface area contributed by atoms with E-state index < -0.39 is 10.0 Å². The minimum atomic E-state index is -3.51. The van der Waals surface area contributed by atoms with Crippen LogP contribution < -0.4 is 5.32 Å². The number of hydrogen-bond donors (Lipinski definition) is 1. The molecule has 1 aromatic rings. The molecule has 0 spiro atoms. The van der Waals surface area contributed by atoms with Crippen molar-refractivity contribution < 1.29 is 18.0 Å². The maximum absolute atomic E-state index is 12.5. The van der Waals surface area contributed by atoms with E-state index in [-0.39, 0.29) is 22.6 Å². The Morgan fingerprint density at radius 1 is 1.19 bits per heavy atom. The third-order valence-electron chi connectivity index (χ3n) is 4.70. The summed E-state index contributed by atoms with van der Waals surface area (Å²) in [5, 5.41) is 2.82. The number of amides is 2. The minimum absolute atomic E-state index is 0.0199. The van der Waals surface area contributed by atoms with E-state index in [1.165, 1.54) is 23.4 Å². The second-order valence-corrected chi connectivity index (χ2v) is 8.35. The number of piperidine rings is 1. The lowest BCUT2D eigenvalue weighted by Gasteiger charge is -2.31. The molecule has 0 aromatic heterocycles. The molecule has 0 bridgehead atoms. The summed E-state index contributed by atoms with van der Waals surface area (Å²) in [6.07, 6.45) is 1.54. The fourth-order valence-electron chi connectivity index (χ4n) is 3.14. The van der Waals surface area contributed by atoms with E-state index in [0.717, 1.165) is 12.8 Å². The van der Waals surface area contributed by atoms with Gasteiger partial charge in [-0.15, -0.1) is 0 Å². The summed E-state index contributed by atoms with van der Waals surface area (Å²) in [7, 11) is -3.51. The van der Waals surface area contributed by atoms with Gasteiger partial charge in [-0.3, -0.25) is 9.59 Å². The zero-order chi connectivity index (χ0) is 19.3. The van der Waals surface area contributed by atoms with Crippen LogP contribution in [0, 0.1) is 5.92 Å². The Morgan fingerprint density at radius 3 is 2.35 bits per heavy atom. The summed E-state index contributed by atoms with van der Waals surface area (Å²) in [6, 6.07) is 6.21. The zero-order valence-corrected chi connectivity index (χ0v) is 16.4. The van der Waals surface area contributed by atoms with Crippen molar-refractivity contribution in [2.45, 2.75) is 38.5 Å². The van der Waals surface area contributed by atoms with Crippen LogP contribution in [0.5, 0.6) is 0 Å². The first-order valence-corrected chi connectivity index (χ1v) is 10.4. The molecular formula is C18H27N3O4S. The number of anilines is 1. The van der Waals surface area contributed by atoms with Crippen LogP contribution in [-0.4, -0.2) is 55.6 Å². The molecule has 1 N–H and O–H groups in total. The van der Waals surface area contributed by atoms with Crippen LogP contribution in [-0.2, 0) is 19.6 Å². The van der Waals surface area contributed by atoms with Gasteiger partial charge in [0.15, 0.2) is 0 Å². The molecule has 0 unspecified atom stereocenters. The summed E-state index contributed by atoms with van der Waals surface area (Å²) in [4.78, 5) is 25.8. The second-order valence-electron chi connectivity index (χ2n) is 6.41. The summed E-state index contributed by atoms with van der Waals surface area (Å²) in [6.45, 7) is 7.04. The van der Waals surface area contributed by atoms with Crippen molar-refractivity contribution in [3.8, 4) is 0 Å². The van der Waals surface area contributed by atoms with E-state index in [0.29, 0.717) is 31.9 Å². The largest absolute Gasteiger partial charge is 0.342 e. The molecule has 0 aliphatic carbocycles. The van der Waals surface area contributed by atoms with Gasteiger partial charge >= 0.3 is 0 Å². The molecule has 2 rings (SSSR count). The number of nitrogens with one attached hydrogen (secondary N) is 1. The Bertz CT molecular complexity index is 742. The van der Waals surface area contributed by atoms with E-state index >= 15 is 0 Å². The molecular weight excluding hydrogens is 354 g/mol. The summed E-state index contributed by atoms with van der Waals surface area (Å²) < 4.78 is 26.3. The molecule has 1 aliphatic heterocycles. The van der Waals surface area contributed by atoms with Crippen molar-refractivity contribution in [1.82, 2.24) is 9.21 Å². The van der Waals surface area contributed by atoms with Crippen molar-refractivity contribution in [3.63, 3.8) is 0 Å². The maximum Gasteiger partial charge on any atom is 0.243 e. The lowest BCUT2D eigenvalue weighted by molar-refractivity contribution is -0.132. The molecule has 1 atom stereocenters. The fourth-order valence-corrected chi connectivity index (χ4v) is 4.60. The first-order valence-electron chi connectivity index (χ1n) is 8.96. The SMILES string of the molecule is CCN(CC)S(=O)(=O)c1ccc(NC(=O)[C@@H]2CCCN(C(C)=O)C2)cc1. The van der Waals surface area contributed by atoms with E-state index in [9.17, 15) is 18.0 Å². The van der Waals surface area contributed by atoms with Gasteiger partial charge in [-0.2, -0.15) is 4.31 Å². The molecule has 26 heavy (non-hydrogen) atoms. The third kappa shape index (κ3) is 4.62. The average Bonchev–Trinajstić information content (AvgIpc) is 2.63. The highest BCUT2D eigenvalue weighted by atomic mass is 32.2. The highest BCUT2D eigenvalue weighted by molar-refractivity contribution is 7.89. The Balaban J connectivity index is 2.05. The van der Waals surface area contributed by atoms with Crippen molar-refractivity contribution in [2.75, 3.05) is 31.5 Å². The van der Waals surface area contributed by atoms with Gasteiger partial charge in [-0.05, 0) is 37.1 Å². The average molecular weight is 381 g/mol. The van der Waals surface area contributed by atoms with E-state index in [2.05, 4.69) is 5.32 Å². The van der Waals surface area contributed by atoms with Crippen LogP contribution >= 0.6 is 0 Å². The molecule has 1 fully saturated rings. The first kappa shape index (κ1) is 20.4. The van der Waals surface area contributed by atoms with Gasteiger partial charge in [0, 0.05) is 38.8 Å². The van der Waals surface area contributed by atoms with E-state index in [1.54, 1.807) is 30.9 Å². The summed E-state index contributed by atoms with van der Waals surface area (Å²) in [5.74, 6) is -0.407. The van der Waals surface area contributed by atoms with E-state index in [4.69, 9.17) is 0 Å². The molecule has 0 saturated carbocycles. The van der Waals surface area contributed by atoms with Gasteiger partial charge in [-0.25, -0.2) is 8.42 Å². The predicted molar refractivity (Wildman–Crippen MR) is 100 cm³/mol. The van der Waals surface area contributed by atoms with Crippen molar-refractivity contribution in [3.05, 3.63) is 24.3 Å². The van der Waals surface area contributed by atoms with Crippen LogP contribution in [0.3, 0.4) is 0 Å². The lowest BCUT2D eigenvalue weighted by Crippen LogP contribution is -2.42. The third-order valence-corrected chi connectivity index (χ3v) is 6.77. The smallest absolute Gasteiger partial charge is 0.243 e. The maximum atomic E-state index is 12.5. The van der Waals surface area contributed by atoms with Crippen molar-refractivity contribution >= 4 is 27.5 Å². The zero-order valence-electron chi connectivity index (χ0n) is 15.6. The molecule has 144 valence electrons. The first-order chi connectivity index (χ1) is 12.3. The Morgan fingerprint density at radius 2 is 1.81 bits per heavy atom. The van der Waals surface area contributed by atoms with Crippen LogP contribution in [0.4, 0.5) is 5.69 Å². The second kappa shape index (κ2) is 8.64. The number of nitrogens with zero attached hydrogens (tertiary/aromatic N) is 2. The molecule has 1 saturated heterocycles. The van der Waals surface area contributed by atoms with Crippen LogP contribution in [0.1, 0.15) is 33.6 Å². The predicted octanol–water partition coefficient (Wildman–Crippen LogP) is 1.91. The Labute approximate surface area is 155 Å². The van der Waals surface area contributed by atoms with Gasteiger partial charge in [0.2, 0.25) is 21.8 Å². The molecule has 1 heterocycles. The number of sulfonamides is 1. The lowest BCUT2D eigenvalue weighted by atomic mass is 9.97. The van der Waals surface area contributed by atoms with Crippen LogP contribution in [0.2, 0.25) is 0 Å². The number of carbonyl (C=O) groups excluding carboxylic acids is 2. The molecule has 2 amide bonds.